The van der Waals surface area contributed by atoms with E-state index < -0.39 is 12.0 Å². The molecule has 1 atom stereocenters. The number of aromatic nitrogens is 2. The van der Waals surface area contributed by atoms with Crippen LogP contribution < -0.4 is 0 Å². The molecular formula is C13H19ClF2N2O. The Morgan fingerprint density at radius 3 is 2.53 bits per heavy atom. The van der Waals surface area contributed by atoms with Crippen LogP contribution in [-0.2, 0) is 13.5 Å². The maximum absolute atomic E-state index is 13.1. The molecule has 19 heavy (non-hydrogen) atoms. The molecule has 0 spiro atoms. The Bertz CT molecular complexity index is 452. The molecule has 0 aliphatic heterocycles. The Morgan fingerprint density at radius 1 is 1.47 bits per heavy atom. The van der Waals surface area contributed by atoms with Gasteiger partial charge in [-0.2, -0.15) is 5.10 Å². The highest BCUT2D eigenvalue weighted by Crippen LogP contribution is 2.38. The van der Waals surface area contributed by atoms with Gasteiger partial charge in [-0.05, 0) is 25.7 Å². The molecule has 1 saturated carbocycles. The number of rotatable bonds is 3. The molecule has 1 fully saturated rings. The molecule has 1 aromatic heterocycles. The molecule has 0 amide bonds. The van der Waals surface area contributed by atoms with Crippen molar-refractivity contribution in [2.75, 3.05) is 0 Å². The van der Waals surface area contributed by atoms with Crippen molar-refractivity contribution in [1.82, 2.24) is 9.78 Å². The fourth-order valence-electron chi connectivity index (χ4n) is 2.71. The van der Waals surface area contributed by atoms with Gasteiger partial charge in [-0.25, -0.2) is 8.78 Å². The number of halogens is 3. The van der Waals surface area contributed by atoms with Crippen molar-refractivity contribution in [3.63, 3.8) is 0 Å². The summed E-state index contributed by atoms with van der Waals surface area (Å²) in [6.07, 6.45) is 0.195. The molecule has 108 valence electrons. The summed E-state index contributed by atoms with van der Waals surface area (Å²) < 4.78 is 27.8. The van der Waals surface area contributed by atoms with Crippen molar-refractivity contribution < 1.29 is 13.9 Å². The van der Waals surface area contributed by atoms with E-state index in [1.54, 1.807) is 18.7 Å². The minimum Gasteiger partial charge on any atom is -0.392 e. The summed E-state index contributed by atoms with van der Waals surface area (Å²) in [4.78, 5) is 0. The molecule has 0 bridgehead atoms. The van der Waals surface area contributed by atoms with E-state index in [1.807, 2.05) is 0 Å². The van der Waals surface area contributed by atoms with E-state index in [4.69, 9.17) is 11.6 Å². The van der Waals surface area contributed by atoms with E-state index in [1.165, 1.54) is 0 Å². The third-order valence-electron chi connectivity index (χ3n) is 3.97. The molecular weight excluding hydrogens is 274 g/mol. The van der Waals surface area contributed by atoms with E-state index in [9.17, 15) is 13.9 Å². The predicted octanol–water partition coefficient (Wildman–Crippen LogP) is 3.11. The SMILES string of the molecule is Cc1nn(C)c(CC(O)C2CCC(F)(F)CC2)c1Cl. The van der Waals surface area contributed by atoms with E-state index in [-0.39, 0.29) is 18.8 Å². The van der Waals surface area contributed by atoms with Gasteiger partial charge in [0.05, 0.1) is 22.5 Å². The topological polar surface area (TPSA) is 38.0 Å². The van der Waals surface area contributed by atoms with Crippen LogP contribution in [0.1, 0.15) is 37.1 Å². The van der Waals surface area contributed by atoms with Crippen LogP contribution in [-0.4, -0.2) is 26.9 Å². The van der Waals surface area contributed by atoms with Crippen LogP contribution in [0.4, 0.5) is 8.78 Å². The van der Waals surface area contributed by atoms with Crippen molar-refractivity contribution >= 4 is 11.6 Å². The van der Waals surface area contributed by atoms with Crippen LogP contribution in [0, 0.1) is 12.8 Å². The van der Waals surface area contributed by atoms with Crippen molar-refractivity contribution in [2.24, 2.45) is 13.0 Å². The van der Waals surface area contributed by atoms with Crippen LogP contribution in [0.25, 0.3) is 0 Å². The largest absolute Gasteiger partial charge is 0.392 e. The quantitative estimate of drug-likeness (QED) is 0.929. The Labute approximate surface area is 116 Å². The van der Waals surface area contributed by atoms with Gasteiger partial charge in [0.25, 0.3) is 0 Å². The lowest BCUT2D eigenvalue weighted by Gasteiger charge is -2.31. The number of alkyl halides is 2. The lowest BCUT2D eigenvalue weighted by molar-refractivity contribution is -0.0621. The smallest absolute Gasteiger partial charge is 0.248 e. The Morgan fingerprint density at radius 2 is 2.05 bits per heavy atom. The van der Waals surface area contributed by atoms with Gasteiger partial charge in [0, 0.05) is 26.3 Å². The van der Waals surface area contributed by atoms with Gasteiger partial charge in [0.15, 0.2) is 0 Å². The molecule has 1 aliphatic rings. The molecule has 2 rings (SSSR count). The second kappa shape index (κ2) is 5.37. The first kappa shape index (κ1) is 14.7. The molecule has 3 nitrogen and oxygen atoms in total. The van der Waals surface area contributed by atoms with E-state index in [2.05, 4.69) is 5.10 Å². The first-order valence-corrected chi connectivity index (χ1v) is 6.92. The van der Waals surface area contributed by atoms with Gasteiger partial charge in [-0.3, -0.25) is 4.68 Å². The summed E-state index contributed by atoms with van der Waals surface area (Å²) in [6, 6.07) is 0. The molecule has 0 radical (unpaired) electrons. The summed E-state index contributed by atoms with van der Waals surface area (Å²) >= 11 is 6.13. The van der Waals surface area contributed by atoms with Crippen LogP contribution in [0.3, 0.4) is 0 Å². The highest BCUT2D eigenvalue weighted by molar-refractivity contribution is 6.31. The Hall–Kier alpha value is -0.680. The second-order valence-corrected chi connectivity index (χ2v) is 5.81. The first-order chi connectivity index (χ1) is 8.80. The van der Waals surface area contributed by atoms with Crippen LogP contribution in [0.15, 0.2) is 0 Å². The zero-order chi connectivity index (χ0) is 14.2. The van der Waals surface area contributed by atoms with Crippen molar-refractivity contribution in [2.45, 2.75) is 51.1 Å². The standard InChI is InChI=1S/C13H19ClF2N2O/c1-8-12(14)10(18(2)17-8)7-11(19)9-3-5-13(15,16)6-4-9/h9,11,19H,3-7H2,1-2H3. The highest BCUT2D eigenvalue weighted by Gasteiger charge is 2.37. The zero-order valence-electron chi connectivity index (χ0n) is 11.2. The number of hydrogen-bond donors (Lipinski definition) is 1. The number of hydrogen-bond acceptors (Lipinski definition) is 2. The van der Waals surface area contributed by atoms with Gasteiger partial charge >= 0.3 is 0 Å². The average Bonchev–Trinajstić information content (AvgIpc) is 2.56. The fourth-order valence-corrected chi connectivity index (χ4v) is 2.95. The summed E-state index contributed by atoms with van der Waals surface area (Å²) in [6.45, 7) is 1.80. The first-order valence-electron chi connectivity index (χ1n) is 6.54. The summed E-state index contributed by atoms with van der Waals surface area (Å²) in [5.74, 6) is -2.64. The average molecular weight is 293 g/mol. The molecule has 1 aromatic rings. The number of nitrogens with zero attached hydrogens (tertiary/aromatic N) is 2. The minimum absolute atomic E-state index is 0.0779. The number of aliphatic hydroxyl groups is 1. The van der Waals surface area contributed by atoms with Crippen LogP contribution in [0.5, 0.6) is 0 Å². The van der Waals surface area contributed by atoms with Crippen LogP contribution in [0.2, 0.25) is 5.02 Å². The van der Waals surface area contributed by atoms with E-state index >= 15 is 0 Å². The summed E-state index contributed by atoms with van der Waals surface area (Å²) in [7, 11) is 1.77. The van der Waals surface area contributed by atoms with Crippen molar-refractivity contribution in [3.05, 3.63) is 16.4 Å². The zero-order valence-corrected chi connectivity index (χ0v) is 11.9. The summed E-state index contributed by atoms with van der Waals surface area (Å²) in [5, 5.41) is 15.0. The molecule has 1 heterocycles. The Balaban J connectivity index is 2.00. The fraction of sp³-hybridized carbons (Fsp3) is 0.769. The molecule has 0 aromatic carbocycles. The lowest BCUT2D eigenvalue weighted by atomic mass is 9.82. The maximum atomic E-state index is 13.1. The monoisotopic (exact) mass is 292 g/mol. The molecule has 1 N–H and O–H groups in total. The summed E-state index contributed by atoms with van der Waals surface area (Å²) in [5.41, 5.74) is 1.49. The lowest BCUT2D eigenvalue weighted by Crippen LogP contribution is -2.32. The number of aryl methyl sites for hydroxylation is 2. The Kier molecular flexibility index (Phi) is 4.16. The third kappa shape index (κ3) is 3.26. The molecule has 0 saturated heterocycles. The van der Waals surface area contributed by atoms with Gasteiger partial charge in [0.1, 0.15) is 0 Å². The molecule has 1 unspecified atom stereocenters. The van der Waals surface area contributed by atoms with Crippen molar-refractivity contribution in [3.8, 4) is 0 Å². The van der Waals surface area contributed by atoms with Crippen LogP contribution >= 0.6 is 11.6 Å². The van der Waals surface area contributed by atoms with Crippen molar-refractivity contribution in [1.29, 1.82) is 0 Å². The normalized spacial score (nSPS) is 21.6. The third-order valence-corrected chi connectivity index (χ3v) is 4.46. The predicted molar refractivity (Wildman–Crippen MR) is 69.6 cm³/mol. The van der Waals surface area contributed by atoms with E-state index in [0.29, 0.717) is 24.3 Å². The second-order valence-electron chi connectivity index (χ2n) is 5.43. The minimum atomic E-state index is -2.56. The maximum Gasteiger partial charge on any atom is 0.248 e. The molecule has 6 heteroatoms. The van der Waals surface area contributed by atoms with Gasteiger partial charge in [0.2, 0.25) is 5.92 Å². The van der Waals surface area contributed by atoms with Gasteiger partial charge < -0.3 is 5.11 Å². The molecule has 1 aliphatic carbocycles. The van der Waals surface area contributed by atoms with Gasteiger partial charge in [-0.15, -0.1) is 0 Å². The number of aliphatic hydroxyl groups excluding tert-OH is 1. The highest BCUT2D eigenvalue weighted by atomic mass is 35.5. The van der Waals surface area contributed by atoms with E-state index in [0.717, 1.165) is 11.4 Å². The van der Waals surface area contributed by atoms with Gasteiger partial charge in [-0.1, -0.05) is 11.6 Å².